The molecule has 3 N–H and O–H groups in total. The van der Waals surface area contributed by atoms with Crippen LogP contribution in [0.5, 0.6) is 0 Å². The quantitative estimate of drug-likeness (QED) is 0.661. The summed E-state index contributed by atoms with van der Waals surface area (Å²) in [6.45, 7) is 0. The molecule has 0 fully saturated rings. The second kappa shape index (κ2) is 8.37. The lowest BCUT2D eigenvalue weighted by Gasteiger charge is -2.20. The van der Waals surface area contributed by atoms with Gasteiger partial charge in [-0.3, -0.25) is 14.6 Å². The number of carbonyl (C=O) groups excluding carboxylic acids is 2. The fourth-order valence-corrected chi connectivity index (χ4v) is 2.80. The predicted octanol–water partition coefficient (Wildman–Crippen LogP) is 1.53. The van der Waals surface area contributed by atoms with E-state index in [9.17, 15) is 9.59 Å². The van der Waals surface area contributed by atoms with Gasteiger partial charge >= 0.3 is 0 Å². The van der Waals surface area contributed by atoms with E-state index >= 15 is 0 Å². The number of nitrogens with one attached hydrogen (secondary N) is 1. The zero-order valence-corrected chi connectivity index (χ0v) is 14.8. The van der Waals surface area contributed by atoms with Crippen molar-refractivity contribution in [2.24, 2.45) is 5.73 Å². The molecule has 138 valence electrons. The van der Waals surface area contributed by atoms with Crippen molar-refractivity contribution in [2.45, 2.75) is 18.6 Å². The Morgan fingerprint density at radius 3 is 2.41 bits per heavy atom. The lowest BCUT2D eigenvalue weighted by atomic mass is 10.1. The second-order valence-electron chi connectivity index (χ2n) is 6.04. The normalized spacial score (nSPS) is 13.1. The number of hydrogen-bond donors (Lipinski definition) is 2. The number of hydrogen-bond acceptors (Lipinski definition) is 5. The summed E-state index contributed by atoms with van der Waals surface area (Å²) >= 11 is 0. The Kier molecular flexibility index (Phi) is 5.73. The van der Waals surface area contributed by atoms with E-state index in [4.69, 9.17) is 10.5 Å². The lowest BCUT2D eigenvalue weighted by Crippen LogP contribution is -2.47. The molecule has 2 aromatic carbocycles. The first kappa shape index (κ1) is 18.5. The third-order valence-electron chi connectivity index (χ3n) is 4.15. The second-order valence-corrected chi connectivity index (χ2v) is 6.04. The van der Waals surface area contributed by atoms with Crippen LogP contribution >= 0.6 is 0 Å². The number of ether oxygens (including phenoxy) is 1. The number of nitrogens with two attached hydrogens (primary N) is 1. The Morgan fingerprint density at radius 1 is 1.07 bits per heavy atom. The molecular formula is C20H20N4O3. The molecule has 7 heteroatoms. The standard InChI is InChI=1S/C20H20N4O3/c1-27-18(13-7-3-2-4-8-13)20(26)24-17(19(21)25)11-14-12-22-15-9-5-6-10-16(15)23-14/h2-10,12,17-18H,11H2,1H3,(H2,21,25)(H,24,26)/t17-,18-/m0/s1. The van der Waals surface area contributed by atoms with E-state index in [0.29, 0.717) is 16.8 Å². The van der Waals surface area contributed by atoms with Crippen LogP contribution in [0.25, 0.3) is 11.0 Å². The number of para-hydroxylation sites is 2. The van der Waals surface area contributed by atoms with Crippen molar-refractivity contribution in [3.8, 4) is 0 Å². The number of rotatable bonds is 7. The van der Waals surface area contributed by atoms with Crippen LogP contribution in [0, 0.1) is 0 Å². The zero-order chi connectivity index (χ0) is 19.2. The van der Waals surface area contributed by atoms with E-state index in [2.05, 4.69) is 15.3 Å². The van der Waals surface area contributed by atoms with Crippen LogP contribution in [0.1, 0.15) is 17.4 Å². The molecule has 3 aromatic rings. The van der Waals surface area contributed by atoms with Gasteiger partial charge in [0, 0.05) is 19.7 Å². The summed E-state index contributed by atoms with van der Waals surface area (Å²) in [5.41, 5.74) is 8.20. The van der Waals surface area contributed by atoms with Gasteiger partial charge in [0.05, 0.1) is 16.7 Å². The maximum Gasteiger partial charge on any atom is 0.254 e. The van der Waals surface area contributed by atoms with E-state index in [1.807, 2.05) is 42.5 Å². The highest BCUT2D eigenvalue weighted by atomic mass is 16.5. The van der Waals surface area contributed by atoms with Gasteiger partial charge in [0.15, 0.2) is 6.10 Å². The summed E-state index contributed by atoms with van der Waals surface area (Å²) in [4.78, 5) is 33.3. The average Bonchev–Trinajstić information content (AvgIpc) is 2.68. The molecule has 0 aliphatic rings. The molecule has 0 bridgehead atoms. The number of benzene rings is 2. The molecule has 7 nitrogen and oxygen atoms in total. The topological polar surface area (TPSA) is 107 Å². The Morgan fingerprint density at radius 2 is 1.74 bits per heavy atom. The van der Waals surface area contributed by atoms with Crippen molar-refractivity contribution >= 4 is 22.8 Å². The molecule has 1 heterocycles. The van der Waals surface area contributed by atoms with Gasteiger partial charge in [-0.15, -0.1) is 0 Å². The minimum atomic E-state index is -0.922. The number of fused-ring (bicyclic) bond motifs is 1. The van der Waals surface area contributed by atoms with E-state index in [-0.39, 0.29) is 6.42 Å². The predicted molar refractivity (Wildman–Crippen MR) is 101 cm³/mol. The van der Waals surface area contributed by atoms with Gasteiger partial charge in [-0.2, -0.15) is 0 Å². The van der Waals surface area contributed by atoms with Crippen LogP contribution in [0.15, 0.2) is 60.8 Å². The van der Waals surface area contributed by atoms with E-state index in [0.717, 1.165) is 5.52 Å². The summed E-state index contributed by atoms with van der Waals surface area (Å²) in [5.74, 6) is -1.09. The smallest absolute Gasteiger partial charge is 0.254 e. The summed E-state index contributed by atoms with van der Waals surface area (Å²) < 4.78 is 5.29. The van der Waals surface area contributed by atoms with Crippen molar-refractivity contribution in [2.75, 3.05) is 7.11 Å². The number of aromatic nitrogens is 2. The molecule has 0 spiro atoms. The molecule has 0 saturated heterocycles. The average molecular weight is 364 g/mol. The highest BCUT2D eigenvalue weighted by Crippen LogP contribution is 2.17. The molecule has 0 aliphatic carbocycles. The number of nitrogens with zero attached hydrogens (tertiary/aromatic N) is 2. The molecule has 2 amide bonds. The van der Waals surface area contributed by atoms with Gasteiger partial charge < -0.3 is 15.8 Å². The fourth-order valence-electron chi connectivity index (χ4n) is 2.80. The first-order valence-electron chi connectivity index (χ1n) is 8.46. The molecule has 0 unspecified atom stereocenters. The van der Waals surface area contributed by atoms with Gasteiger partial charge in [-0.05, 0) is 17.7 Å². The summed E-state index contributed by atoms with van der Waals surface area (Å²) in [6, 6.07) is 15.5. The van der Waals surface area contributed by atoms with Gasteiger partial charge in [0.1, 0.15) is 6.04 Å². The molecule has 0 aliphatic heterocycles. The first-order valence-corrected chi connectivity index (χ1v) is 8.46. The number of methoxy groups -OCH3 is 1. The van der Waals surface area contributed by atoms with Crippen molar-refractivity contribution in [3.63, 3.8) is 0 Å². The number of carbonyl (C=O) groups is 2. The van der Waals surface area contributed by atoms with Crippen LogP contribution in [0.2, 0.25) is 0 Å². The third-order valence-corrected chi connectivity index (χ3v) is 4.15. The molecule has 27 heavy (non-hydrogen) atoms. The highest BCUT2D eigenvalue weighted by molar-refractivity contribution is 5.89. The maximum absolute atomic E-state index is 12.6. The van der Waals surface area contributed by atoms with Crippen LogP contribution in [-0.4, -0.2) is 34.9 Å². The molecule has 0 saturated carbocycles. The molecule has 3 rings (SSSR count). The Hall–Kier alpha value is -3.32. The maximum atomic E-state index is 12.6. The fraction of sp³-hybridized carbons (Fsp3) is 0.200. The van der Waals surface area contributed by atoms with Crippen LogP contribution in [0.4, 0.5) is 0 Å². The van der Waals surface area contributed by atoms with Crippen LogP contribution in [0.3, 0.4) is 0 Å². The SMILES string of the molecule is CO[C@H](C(=O)N[C@@H](Cc1cnc2ccccc2n1)C(N)=O)c1ccccc1. The number of amides is 2. The largest absolute Gasteiger partial charge is 0.368 e. The van der Waals surface area contributed by atoms with Crippen molar-refractivity contribution in [3.05, 3.63) is 72.1 Å². The Balaban J connectivity index is 1.76. The Bertz CT molecular complexity index is 946. The summed E-state index contributed by atoms with van der Waals surface area (Å²) in [7, 11) is 1.44. The monoisotopic (exact) mass is 364 g/mol. The Labute approximate surface area is 156 Å². The molecule has 0 radical (unpaired) electrons. The van der Waals surface area contributed by atoms with E-state index in [1.54, 1.807) is 18.3 Å². The first-order chi connectivity index (χ1) is 13.1. The van der Waals surface area contributed by atoms with Crippen molar-refractivity contribution in [1.82, 2.24) is 15.3 Å². The summed E-state index contributed by atoms with van der Waals surface area (Å²) in [5, 5.41) is 2.66. The molecule has 1 aromatic heterocycles. The number of primary amides is 1. The van der Waals surface area contributed by atoms with Crippen LogP contribution < -0.4 is 11.1 Å². The third kappa shape index (κ3) is 4.45. The van der Waals surface area contributed by atoms with Crippen LogP contribution in [-0.2, 0) is 20.7 Å². The lowest BCUT2D eigenvalue weighted by molar-refractivity contribution is -0.134. The molecule has 2 atom stereocenters. The van der Waals surface area contributed by atoms with Gasteiger partial charge in [0.2, 0.25) is 5.91 Å². The highest BCUT2D eigenvalue weighted by Gasteiger charge is 2.26. The van der Waals surface area contributed by atoms with Gasteiger partial charge in [-0.1, -0.05) is 42.5 Å². The minimum Gasteiger partial charge on any atom is -0.368 e. The van der Waals surface area contributed by atoms with Crippen molar-refractivity contribution < 1.29 is 14.3 Å². The van der Waals surface area contributed by atoms with E-state index < -0.39 is 24.0 Å². The van der Waals surface area contributed by atoms with Crippen molar-refractivity contribution in [1.29, 1.82) is 0 Å². The van der Waals surface area contributed by atoms with E-state index in [1.165, 1.54) is 7.11 Å². The zero-order valence-electron chi connectivity index (χ0n) is 14.8. The molecular weight excluding hydrogens is 344 g/mol. The van der Waals surface area contributed by atoms with Gasteiger partial charge in [0.25, 0.3) is 5.91 Å². The summed E-state index contributed by atoms with van der Waals surface area (Å²) in [6.07, 6.45) is 0.885. The minimum absolute atomic E-state index is 0.143. The van der Waals surface area contributed by atoms with Gasteiger partial charge in [-0.25, -0.2) is 4.98 Å².